The minimum absolute atomic E-state index is 0.330. The highest BCUT2D eigenvalue weighted by Crippen LogP contribution is 2.26. The molecule has 3 nitrogen and oxygen atoms in total. The summed E-state index contributed by atoms with van der Waals surface area (Å²) in [6, 6.07) is 0. The Hall–Kier alpha value is -0.120. The summed E-state index contributed by atoms with van der Waals surface area (Å²) in [5.74, 6) is 1.70. The summed E-state index contributed by atoms with van der Waals surface area (Å²) in [5.41, 5.74) is 0. The Morgan fingerprint density at radius 1 is 1.18 bits per heavy atom. The molecule has 0 heterocycles. The topological polar surface area (TPSA) is 49.7 Å². The highest BCUT2D eigenvalue weighted by atomic mass is 16.5. The van der Waals surface area contributed by atoms with Crippen LogP contribution in [0.1, 0.15) is 46.5 Å². The molecule has 102 valence electrons. The van der Waals surface area contributed by atoms with Gasteiger partial charge in [-0.3, -0.25) is 0 Å². The standard InChI is InChI=1S/C14H28O3/c1-4-11(5-10(2)3)8-17-9-12-6-13(15)14(16)7-12/h10-16H,4-9H2,1-3H3. The van der Waals surface area contributed by atoms with Gasteiger partial charge in [0.1, 0.15) is 0 Å². The number of aliphatic hydroxyl groups excluding tert-OH is 2. The van der Waals surface area contributed by atoms with Crippen LogP contribution in [0.3, 0.4) is 0 Å². The van der Waals surface area contributed by atoms with E-state index >= 15 is 0 Å². The molecule has 1 aliphatic rings. The Balaban J connectivity index is 2.14. The maximum Gasteiger partial charge on any atom is 0.0802 e. The van der Waals surface area contributed by atoms with Gasteiger partial charge in [-0.2, -0.15) is 0 Å². The molecule has 3 heteroatoms. The van der Waals surface area contributed by atoms with Crippen LogP contribution in [0.25, 0.3) is 0 Å². The summed E-state index contributed by atoms with van der Waals surface area (Å²) in [7, 11) is 0. The number of rotatable bonds is 7. The molecule has 1 rings (SSSR count). The van der Waals surface area contributed by atoms with Gasteiger partial charge in [0.2, 0.25) is 0 Å². The molecule has 1 aliphatic carbocycles. The Morgan fingerprint density at radius 2 is 1.76 bits per heavy atom. The van der Waals surface area contributed by atoms with Crippen molar-refractivity contribution in [1.29, 1.82) is 0 Å². The number of ether oxygens (including phenoxy) is 1. The first-order valence-corrected chi connectivity index (χ1v) is 6.96. The Kier molecular flexibility index (Phi) is 6.45. The molecule has 0 amide bonds. The van der Waals surface area contributed by atoms with Crippen molar-refractivity contribution >= 4 is 0 Å². The summed E-state index contributed by atoms with van der Waals surface area (Å²) in [5, 5.41) is 18.9. The first kappa shape index (κ1) is 14.9. The van der Waals surface area contributed by atoms with Crippen LogP contribution in [0.4, 0.5) is 0 Å². The van der Waals surface area contributed by atoms with Crippen LogP contribution in [0.2, 0.25) is 0 Å². The smallest absolute Gasteiger partial charge is 0.0802 e. The Labute approximate surface area is 105 Å². The number of hydrogen-bond acceptors (Lipinski definition) is 3. The highest BCUT2D eigenvalue weighted by molar-refractivity contribution is 4.82. The predicted molar refractivity (Wildman–Crippen MR) is 68.8 cm³/mol. The van der Waals surface area contributed by atoms with E-state index < -0.39 is 12.2 Å². The normalized spacial score (nSPS) is 31.1. The van der Waals surface area contributed by atoms with Gasteiger partial charge < -0.3 is 14.9 Å². The van der Waals surface area contributed by atoms with Crippen LogP contribution in [-0.4, -0.2) is 35.6 Å². The summed E-state index contributed by atoms with van der Waals surface area (Å²) < 4.78 is 5.75. The number of aliphatic hydroxyl groups is 2. The van der Waals surface area contributed by atoms with Gasteiger partial charge in [-0.05, 0) is 37.0 Å². The van der Waals surface area contributed by atoms with E-state index in [0.717, 1.165) is 18.9 Å². The third-order valence-electron chi connectivity index (χ3n) is 3.68. The summed E-state index contributed by atoms with van der Waals surface area (Å²) in [4.78, 5) is 0. The molecular weight excluding hydrogens is 216 g/mol. The van der Waals surface area contributed by atoms with E-state index in [1.165, 1.54) is 6.42 Å². The van der Waals surface area contributed by atoms with Gasteiger partial charge in [-0.25, -0.2) is 0 Å². The zero-order valence-corrected chi connectivity index (χ0v) is 11.4. The van der Waals surface area contributed by atoms with Gasteiger partial charge in [-0.1, -0.05) is 27.2 Å². The van der Waals surface area contributed by atoms with Gasteiger partial charge in [0.15, 0.2) is 0 Å². The minimum atomic E-state index is -0.541. The lowest BCUT2D eigenvalue weighted by molar-refractivity contribution is 0.0438. The molecular formula is C14H28O3. The third kappa shape index (κ3) is 5.36. The largest absolute Gasteiger partial charge is 0.390 e. The van der Waals surface area contributed by atoms with Crippen molar-refractivity contribution in [3.8, 4) is 0 Å². The Bertz CT molecular complexity index is 191. The molecule has 17 heavy (non-hydrogen) atoms. The molecule has 0 aliphatic heterocycles. The van der Waals surface area contributed by atoms with Crippen LogP contribution >= 0.6 is 0 Å². The van der Waals surface area contributed by atoms with Crippen LogP contribution in [0.15, 0.2) is 0 Å². The molecule has 0 aromatic heterocycles. The van der Waals surface area contributed by atoms with Crippen molar-refractivity contribution in [1.82, 2.24) is 0 Å². The fourth-order valence-corrected chi connectivity index (χ4v) is 2.65. The van der Waals surface area contributed by atoms with E-state index in [9.17, 15) is 10.2 Å². The van der Waals surface area contributed by atoms with Gasteiger partial charge in [-0.15, -0.1) is 0 Å². The van der Waals surface area contributed by atoms with Crippen LogP contribution in [0, 0.1) is 17.8 Å². The fourth-order valence-electron chi connectivity index (χ4n) is 2.65. The van der Waals surface area contributed by atoms with E-state index in [0.29, 0.717) is 31.3 Å². The maximum absolute atomic E-state index is 9.44. The minimum Gasteiger partial charge on any atom is -0.390 e. The lowest BCUT2D eigenvalue weighted by Gasteiger charge is -2.18. The summed E-state index contributed by atoms with van der Waals surface area (Å²) in [6.45, 7) is 8.19. The van der Waals surface area contributed by atoms with Gasteiger partial charge in [0.25, 0.3) is 0 Å². The monoisotopic (exact) mass is 244 g/mol. The van der Waals surface area contributed by atoms with E-state index in [1.807, 2.05) is 0 Å². The van der Waals surface area contributed by atoms with Crippen molar-refractivity contribution < 1.29 is 14.9 Å². The van der Waals surface area contributed by atoms with Crippen molar-refractivity contribution in [3.63, 3.8) is 0 Å². The van der Waals surface area contributed by atoms with Gasteiger partial charge in [0, 0.05) is 13.2 Å². The molecule has 0 aromatic carbocycles. The lowest BCUT2D eigenvalue weighted by Crippen LogP contribution is -2.17. The summed E-state index contributed by atoms with van der Waals surface area (Å²) in [6.07, 6.45) is 2.66. The second-order valence-electron chi connectivity index (χ2n) is 5.91. The molecule has 0 aromatic rings. The summed E-state index contributed by atoms with van der Waals surface area (Å²) >= 11 is 0. The SMILES string of the molecule is CCC(COCC1CC(O)C(O)C1)CC(C)C. The molecule has 0 radical (unpaired) electrons. The van der Waals surface area contributed by atoms with Crippen LogP contribution in [0.5, 0.6) is 0 Å². The van der Waals surface area contributed by atoms with Crippen LogP contribution in [-0.2, 0) is 4.74 Å². The molecule has 0 saturated heterocycles. The third-order valence-corrected chi connectivity index (χ3v) is 3.68. The first-order valence-electron chi connectivity index (χ1n) is 6.96. The molecule has 3 unspecified atom stereocenters. The predicted octanol–water partition coefficient (Wildman–Crippen LogP) is 2.21. The fraction of sp³-hybridized carbons (Fsp3) is 1.00. The van der Waals surface area contributed by atoms with Gasteiger partial charge in [0.05, 0.1) is 12.2 Å². The van der Waals surface area contributed by atoms with Crippen molar-refractivity contribution in [2.75, 3.05) is 13.2 Å². The molecule has 2 N–H and O–H groups in total. The highest BCUT2D eigenvalue weighted by Gasteiger charge is 2.31. The van der Waals surface area contributed by atoms with E-state index in [2.05, 4.69) is 20.8 Å². The second-order valence-corrected chi connectivity index (χ2v) is 5.91. The van der Waals surface area contributed by atoms with Crippen molar-refractivity contribution in [2.45, 2.75) is 58.7 Å². The zero-order valence-electron chi connectivity index (χ0n) is 11.4. The Morgan fingerprint density at radius 3 is 2.24 bits per heavy atom. The second kappa shape index (κ2) is 7.34. The molecule has 0 bridgehead atoms. The first-order chi connectivity index (χ1) is 8.02. The zero-order chi connectivity index (χ0) is 12.8. The van der Waals surface area contributed by atoms with E-state index in [-0.39, 0.29) is 0 Å². The number of hydrogen-bond donors (Lipinski definition) is 2. The maximum atomic E-state index is 9.44. The molecule has 1 saturated carbocycles. The van der Waals surface area contributed by atoms with E-state index in [1.54, 1.807) is 0 Å². The average molecular weight is 244 g/mol. The molecule has 3 atom stereocenters. The quantitative estimate of drug-likeness (QED) is 0.722. The average Bonchev–Trinajstić information content (AvgIpc) is 2.56. The molecule has 0 spiro atoms. The van der Waals surface area contributed by atoms with Crippen LogP contribution < -0.4 is 0 Å². The molecule has 1 fully saturated rings. The van der Waals surface area contributed by atoms with E-state index in [4.69, 9.17) is 4.74 Å². The van der Waals surface area contributed by atoms with Gasteiger partial charge >= 0.3 is 0 Å². The van der Waals surface area contributed by atoms with Crippen molar-refractivity contribution in [2.24, 2.45) is 17.8 Å². The van der Waals surface area contributed by atoms with Crippen molar-refractivity contribution in [3.05, 3.63) is 0 Å². The lowest BCUT2D eigenvalue weighted by atomic mass is 9.96.